The van der Waals surface area contributed by atoms with Gasteiger partial charge in [-0.3, -0.25) is 0 Å². The second-order valence-electron chi connectivity index (χ2n) is 29.3. The van der Waals surface area contributed by atoms with E-state index < -0.39 is 0 Å². The molecule has 16 aromatic carbocycles. The molecule has 530 valence electrons. The van der Waals surface area contributed by atoms with E-state index in [1.807, 2.05) is 133 Å². The highest BCUT2D eigenvalue weighted by Crippen LogP contribution is 2.48. The lowest BCUT2D eigenvalue weighted by Gasteiger charge is -2.12. The van der Waals surface area contributed by atoms with Crippen molar-refractivity contribution >= 4 is 131 Å². The molecule has 0 radical (unpaired) electrons. The molecule has 24 rings (SSSR count). The van der Waals surface area contributed by atoms with E-state index in [4.69, 9.17) is 38.7 Å². The van der Waals surface area contributed by atoms with E-state index in [2.05, 4.69) is 249 Å². The summed E-state index contributed by atoms with van der Waals surface area (Å²) in [7, 11) is 0. The minimum Gasteiger partial charge on any atom is -0.456 e. The summed E-state index contributed by atoms with van der Waals surface area (Å²) in [5, 5.41) is 13.3. The highest BCUT2D eigenvalue weighted by atomic mass is 16.3. The van der Waals surface area contributed by atoms with Crippen molar-refractivity contribution in [3.8, 4) is 102 Å². The smallest absolute Gasteiger partial charge is 0.164 e. The van der Waals surface area contributed by atoms with Crippen molar-refractivity contribution < 1.29 is 8.83 Å². The van der Waals surface area contributed by atoms with Crippen LogP contribution >= 0.6 is 0 Å². The molecule has 0 N–H and O–H groups in total. The van der Waals surface area contributed by atoms with Gasteiger partial charge in [0.2, 0.25) is 0 Å². The third kappa shape index (κ3) is 9.84. The number of fused-ring (bicyclic) bond motifs is 18. The van der Waals surface area contributed by atoms with Crippen LogP contribution in [0.3, 0.4) is 0 Å². The third-order valence-electron chi connectivity index (χ3n) is 22.9. The number of rotatable bonds is 11. The lowest BCUT2D eigenvalue weighted by atomic mass is 9.97. The summed E-state index contributed by atoms with van der Waals surface area (Å²) in [6.45, 7) is 0. The summed E-state index contributed by atoms with van der Waals surface area (Å²) in [4.78, 5) is 30.5. The maximum atomic E-state index is 7.43. The van der Waals surface area contributed by atoms with Crippen LogP contribution in [0, 0.1) is 0 Å². The molecule has 8 heterocycles. The molecule has 0 bridgehead atoms. The van der Waals surface area contributed by atoms with Crippen LogP contribution in [0.15, 0.2) is 373 Å². The Hall–Kier alpha value is -15.7. The van der Waals surface area contributed by atoms with Crippen molar-refractivity contribution in [2.45, 2.75) is 0 Å². The standard InChI is InChI=1S/C102H60N10O2/c1-5-23-61(24-6-1)97-103-98(62-25-7-2-8-26-62)106-101(105-97)65-43-47-67(48-44-65)109-89-56-70(52-54-74(89)81-59-93-83(58-90(81)109)75-33-16-20-42-92(75)113-93)112-86-40-19-15-34-79(86)95-76(35-22-41-87(95)112)77-36-21-37-78-82-57-80-73-53-51-69(111-84-38-17-13-31-71(84)72-32-14-18-39-85(72)111)55-88(73)110(91(80)60-94(82)114-96(77)78)68-49-45-66(46-50-68)102-107-99(63-27-9-3-10-28-63)104-100(108-102)64-29-11-4-12-30-64/h1-60H. The van der Waals surface area contributed by atoms with Gasteiger partial charge in [0.05, 0.1) is 44.1 Å². The van der Waals surface area contributed by atoms with Gasteiger partial charge in [0, 0.05) is 132 Å². The molecule has 0 unspecified atom stereocenters. The first-order valence-corrected chi connectivity index (χ1v) is 38.3. The minimum absolute atomic E-state index is 0.589. The van der Waals surface area contributed by atoms with Gasteiger partial charge in [-0.2, -0.15) is 0 Å². The number of aromatic nitrogens is 10. The highest BCUT2D eigenvalue weighted by molar-refractivity contribution is 6.23. The van der Waals surface area contributed by atoms with Crippen LogP contribution in [-0.4, -0.2) is 48.2 Å². The van der Waals surface area contributed by atoms with E-state index in [9.17, 15) is 0 Å². The van der Waals surface area contributed by atoms with Gasteiger partial charge in [-0.05, 0) is 127 Å². The summed E-state index contributed by atoms with van der Waals surface area (Å²) in [5.41, 5.74) is 23.5. The average Bonchev–Trinajstić information content (AvgIpc) is 1.56. The number of hydrogen-bond acceptors (Lipinski definition) is 8. The normalized spacial score (nSPS) is 12.0. The molecule has 12 heteroatoms. The Bertz CT molecular complexity index is 7910. The fourth-order valence-corrected chi connectivity index (χ4v) is 17.7. The summed E-state index contributed by atoms with van der Waals surface area (Å²) in [6.07, 6.45) is 0. The van der Waals surface area contributed by atoms with Gasteiger partial charge >= 0.3 is 0 Å². The zero-order valence-corrected chi connectivity index (χ0v) is 60.9. The Morgan fingerprint density at radius 3 is 1.04 bits per heavy atom. The maximum Gasteiger partial charge on any atom is 0.164 e. The second kappa shape index (κ2) is 24.9. The van der Waals surface area contributed by atoms with E-state index >= 15 is 0 Å². The first-order valence-electron chi connectivity index (χ1n) is 38.3. The Labute approximate surface area is 650 Å². The fraction of sp³-hybridized carbons (Fsp3) is 0. The van der Waals surface area contributed by atoms with Gasteiger partial charge in [0.25, 0.3) is 0 Å². The lowest BCUT2D eigenvalue weighted by molar-refractivity contribution is 0.669. The van der Waals surface area contributed by atoms with Crippen LogP contribution in [0.2, 0.25) is 0 Å². The van der Waals surface area contributed by atoms with Crippen LogP contribution in [-0.2, 0) is 0 Å². The van der Waals surface area contributed by atoms with Crippen molar-refractivity contribution in [3.63, 3.8) is 0 Å². The molecule has 0 fully saturated rings. The van der Waals surface area contributed by atoms with Gasteiger partial charge in [-0.15, -0.1) is 0 Å². The van der Waals surface area contributed by atoms with Crippen molar-refractivity contribution in [2.75, 3.05) is 0 Å². The average molecular weight is 1460 g/mol. The molecule has 24 aromatic rings. The Morgan fingerprint density at radius 1 is 0.175 bits per heavy atom. The summed E-state index contributed by atoms with van der Waals surface area (Å²) < 4.78 is 23.7. The van der Waals surface area contributed by atoms with Crippen molar-refractivity contribution in [2.24, 2.45) is 0 Å². The molecule has 0 aliphatic heterocycles. The van der Waals surface area contributed by atoms with Gasteiger partial charge in [-0.25, -0.2) is 29.9 Å². The van der Waals surface area contributed by atoms with Gasteiger partial charge in [0.1, 0.15) is 22.3 Å². The van der Waals surface area contributed by atoms with Crippen LogP contribution in [0.5, 0.6) is 0 Å². The fourth-order valence-electron chi connectivity index (χ4n) is 17.7. The van der Waals surface area contributed by atoms with E-state index in [0.29, 0.717) is 34.9 Å². The van der Waals surface area contributed by atoms with E-state index in [1.54, 1.807) is 0 Å². The van der Waals surface area contributed by atoms with Crippen LogP contribution in [0.25, 0.3) is 233 Å². The van der Waals surface area contributed by atoms with Crippen molar-refractivity contribution in [3.05, 3.63) is 364 Å². The predicted octanol–water partition coefficient (Wildman–Crippen LogP) is 25.9. The largest absolute Gasteiger partial charge is 0.456 e. The highest BCUT2D eigenvalue weighted by Gasteiger charge is 2.26. The van der Waals surface area contributed by atoms with Crippen LogP contribution in [0.4, 0.5) is 0 Å². The zero-order chi connectivity index (χ0) is 74.6. The number of benzene rings is 16. The Kier molecular flexibility index (Phi) is 13.8. The maximum absolute atomic E-state index is 7.43. The molecule has 12 nitrogen and oxygen atoms in total. The zero-order valence-electron chi connectivity index (χ0n) is 60.9. The minimum atomic E-state index is 0.589. The Balaban J connectivity index is 0.663. The van der Waals surface area contributed by atoms with Crippen molar-refractivity contribution in [1.82, 2.24) is 48.2 Å². The third-order valence-corrected chi connectivity index (χ3v) is 22.9. The summed E-state index contributed by atoms with van der Waals surface area (Å²) in [6, 6.07) is 128. The quantitative estimate of drug-likeness (QED) is 0.125. The number of hydrogen-bond donors (Lipinski definition) is 0. The van der Waals surface area contributed by atoms with Crippen molar-refractivity contribution in [1.29, 1.82) is 0 Å². The molecule has 0 amide bonds. The topological polar surface area (TPSA) is 123 Å². The number of nitrogens with zero attached hydrogens (tertiary/aromatic N) is 10. The molecule has 0 spiro atoms. The summed E-state index contributed by atoms with van der Waals surface area (Å²) in [5.74, 6) is 3.63. The van der Waals surface area contributed by atoms with E-state index in [-0.39, 0.29) is 0 Å². The Morgan fingerprint density at radius 2 is 0.518 bits per heavy atom. The number of para-hydroxylation sites is 5. The predicted molar refractivity (Wildman–Crippen MR) is 463 cm³/mol. The molecular formula is C102H60N10O2. The first kappa shape index (κ1) is 63.3. The second-order valence-corrected chi connectivity index (χ2v) is 29.3. The molecule has 0 aliphatic rings. The van der Waals surface area contributed by atoms with E-state index in [1.165, 1.54) is 10.8 Å². The van der Waals surface area contributed by atoms with Crippen LogP contribution in [0.1, 0.15) is 0 Å². The van der Waals surface area contributed by atoms with Gasteiger partial charge < -0.3 is 27.1 Å². The monoisotopic (exact) mass is 1460 g/mol. The van der Waals surface area contributed by atoms with E-state index in [0.717, 1.165) is 188 Å². The molecule has 0 atom stereocenters. The molecule has 8 aromatic heterocycles. The summed E-state index contributed by atoms with van der Waals surface area (Å²) >= 11 is 0. The number of furan rings is 2. The molecular weight excluding hydrogens is 1400 g/mol. The van der Waals surface area contributed by atoms with Gasteiger partial charge in [0.15, 0.2) is 34.9 Å². The molecule has 0 aliphatic carbocycles. The molecule has 114 heavy (non-hydrogen) atoms. The first-order chi connectivity index (χ1) is 56.5. The van der Waals surface area contributed by atoms with Gasteiger partial charge in [-0.1, -0.05) is 237 Å². The lowest BCUT2D eigenvalue weighted by Crippen LogP contribution is -2.00. The SMILES string of the molecule is c1ccc(-c2nc(-c3ccccc3)nc(-c3ccc(-n4c5cc(-n6c7ccccc7c7ccccc76)ccc5c5cc6c(cc54)oc4c(-c5cccc7c5c5ccccc5n7-c5ccc7c8cc9oc%10ccccc%10c9cc8n(-c8ccc(-c9nc(-c%10ccccc%10)nc(-c%10ccccc%10)n9)cc8)c7c5)cccc46)cc3)n2)cc1. The molecule has 0 saturated carbocycles. The van der Waals surface area contributed by atoms with Crippen LogP contribution < -0.4 is 0 Å². The molecule has 0 saturated heterocycles.